The van der Waals surface area contributed by atoms with Gasteiger partial charge in [-0.3, -0.25) is 0 Å². The van der Waals surface area contributed by atoms with Gasteiger partial charge in [0.25, 0.3) is 0 Å². The van der Waals surface area contributed by atoms with Crippen molar-refractivity contribution in [1.82, 2.24) is 9.80 Å². The summed E-state index contributed by atoms with van der Waals surface area (Å²) in [6.07, 6.45) is -0.216. The number of benzene rings is 6. The predicted molar refractivity (Wildman–Crippen MR) is 227 cm³/mol. The van der Waals surface area contributed by atoms with E-state index in [-0.39, 0.29) is 19.6 Å². The van der Waals surface area contributed by atoms with Crippen LogP contribution in [-0.4, -0.2) is 94.4 Å². The predicted octanol–water partition coefficient (Wildman–Crippen LogP) is 8.66. The van der Waals surface area contributed by atoms with Crippen LogP contribution in [0.5, 0.6) is 0 Å². The van der Waals surface area contributed by atoms with E-state index in [1.54, 1.807) is 14.2 Å². The second-order valence-corrected chi connectivity index (χ2v) is 14.7. The third kappa shape index (κ3) is 10.7. The highest BCUT2D eigenvalue weighted by Crippen LogP contribution is 2.34. The fraction of sp³-hybridized carbons (Fsp3) is 0.327. The van der Waals surface area contributed by atoms with E-state index in [9.17, 15) is 0 Å². The zero-order valence-electron chi connectivity index (χ0n) is 33.5. The minimum absolute atomic E-state index is 0.00948. The minimum Gasteiger partial charge on any atom is -0.382 e. The van der Waals surface area contributed by atoms with Crippen molar-refractivity contribution >= 4 is 27.6 Å². The van der Waals surface area contributed by atoms with Crippen molar-refractivity contribution in [2.75, 3.05) is 54.2 Å². The molecule has 6 aromatic carbocycles. The van der Waals surface area contributed by atoms with Crippen molar-refractivity contribution < 1.29 is 33.2 Å². The number of hydrogen-bond donors (Lipinski definition) is 0. The van der Waals surface area contributed by atoms with Crippen molar-refractivity contribution in [3.05, 3.63) is 168 Å². The second kappa shape index (κ2) is 21.0. The third-order valence-corrected chi connectivity index (χ3v) is 10.8. The average molecular weight is 783 g/mol. The standard InChI is InChI=1S/C49H54N2O7/c1-53-25-27-55-35-57-47-45(31-37-13-5-3-6-14-37)50(33-39-21-23-41-17-9-11-19-43(41)29-39)49(52)51(34-40-22-24-42-18-10-12-20-44(42)30-40)46(32-38-15-7-4-8-16-38)48(47)58-36-56-28-26-54-2/h3-24,29-30,45-48H,25-28,31-36H2,1-2H3/t45-,46-,47+,48+/m1/s1. The molecule has 0 N–H and O–H groups in total. The van der Waals surface area contributed by atoms with Gasteiger partial charge >= 0.3 is 6.03 Å². The van der Waals surface area contributed by atoms with Gasteiger partial charge in [0, 0.05) is 27.3 Å². The van der Waals surface area contributed by atoms with Crippen LogP contribution in [0.15, 0.2) is 146 Å². The summed E-state index contributed by atoms with van der Waals surface area (Å²) < 4.78 is 36.3. The van der Waals surface area contributed by atoms with Crippen molar-refractivity contribution in [3.63, 3.8) is 0 Å². The Bertz CT molecular complexity index is 2010. The Morgan fingerprint density at radius 3 is 1.26 bits per heavy atom. The van der Waals surface area contributed by atoms with E-state index >= 15 is 4.79 Å². The fourth-order valence-corrected chi connectivity index (χ4v) is 7.91. The van der Waals surface area contributed by atoms with Crippen molar-refractivity contribution in [1.29, 1.82) is 0 Å². The normalized spacial score (nSPS) is 18.6. The SMILES string of the molecule is COCCOCO[C@@H]1[C@@H](OCOCCOC)[C@@H](Cc2ccccc2)N(Cc2ccc3ccccc3c2)C(=O)N(Cc2ccc3ccccc3c2)[C@@H]1Cc1ccccc1. The topological polar surface area (TPSA) is 78.9 Å². The van der Waals surface area contributed by atoms with Crippen LogP contribution >= 0.6 is 0 Å². The molecule has 0 saturated carbocycles. The molecule has 0 unspecified atom stereocenters. The molecular formula is C49H54N2O7. The number of urea groups is 1. The lowest BCUT2D eigenvalue weighted by Gasteiger charge is -2.38. The number of amides is 2. The molecule has 58 heavy (non-hydrogen) atoms. The first kappa shape index (κ1) is 41.0. The van der Waals surface area contributed by atoms with Crippen LogP contribution in [0.4, 0.5) is 4.79 Å². The van der Waals surface area contributed by atoms with E-state index in [1.165, 1.54) is 0 Å². The summed E-state index contributed by atoms with van der Waals surface area (Å²) in [6, 6.07) is 49.1. The van der Waals surface area contributed by atoms with Gasteiger partial charge in [0.05, 0.1) is 38.5 Å². The Morgan fingerprint density at radius 1 is 0.448 bits per heavy atom. The lowest BCUT2D eigenvalue weighted by Crippen LogP contribution is -2.53. The first-order valence-corrected chi connectivity index (χ1v) is 20.1. The molecule has 6 aromatic rings. The summed E-state index contributed by atoms with van der Waals surface area (Å²) >= 11 is 0. The second-order valence-electron chi connectivity index (χ2n) is 14.7. The molecule has 4 atom stereocenters. The molecule has 0 spiro atoms. The van der Waals surface area contributed by atoms with Crippen LogP contribution in [0.3, 0.4) is 0 Å². The summed E-state index contributed by atoms with van der Waals surface area (Å²) in [5, 5.41) is 4.52. The Hall–Kier alpha value is -5.13. The molecule has 1 fully saturated rings. The Kier molecular flexibility index (Phi) is 14.9. The van der Waals surface area contributed by atoms with Gasteiger partial charge in [-0.05, 0) is 68.8 Å². The number of carbonyl (C=O) groups excluding carboxylic acids is 1. The summed E-state index contributed by atoms with van der Waals surface area (Å²) in [6.45, 7) is 2.27. The quantitative estimate of drug-likeness (QED) is 0.0567. The number of ether oxygens (including phenoxy) is 6. The zero-order chi connectivity index (χ0) is 39.9. The molecule has 302 valence electrons. The Balaban J connectivity index is 1.38. The molecule has 0 aliphatic carbocycles. The van der Waals surface area contributed by atoms with Crippen LogP contribution in [0, 0.1) is 0 Å². The highest BCUT2D eigenvalue weighted by molar-refractivity contribution is 5.84. The van der Waals surface area contributed by atoms with Gasteiger partial charge in [-0.25, -0.2) is 4.79 Å². The molecule has 1 saturated heterocycles. The van der Waals surface area contributed by atoms with Gasteiger partial charge in [0.1, 0.15) is 25.8 Å². The maximum Gasteiger partial charge on any atom is 0.321 e. The summed E-state index contributed by atoms with van der Waals surface area (Å²) in [7, 11) is 3.29. The average Bonchev–Trinajstić information content (AvgIpc) is 3.33. The largest absolute Gasteiger partial charge is 0.382 e. The molecule has 7 rings (SSSR count). The van der Waals surface area contributed by atoms with Crippen LogP contribution < -0.4 is 0 Å². The van der Waals surface area contributed by atoms with Crippen LogP contribution in [-0.2, 0) is 54.4 Å². The maximum atomic E-state index is 15.8. The molecule has 1 aliphatic heterocycles. The molecule has 1 aliphatic rings. The molecule has 0 bridgehead atoms. The Morgan fingerprint density at radius 2 is 0.845 bits per heavy atom. The minimum atomic E-state index is -0.631. The van der Waals surface area contributed by atoms with Crippen molar-refractivity contribution in [2.24, 2.45) is 0 Å². The molecule has 1 heterocycles. The monoisotopic (exact) mass is 782 g/mol. The van der Waals surface area contributed by atoms with Gasteiger partial charge in [-0.2, -0.15) is 0 Å². The van der Waals surface area contributed by atoms with E-state index < -0.39 is 24.3 Å². The van der Waals surface area contributed by atoms with Crippen molar-refractivity contribution in [2.45, 2.75) is 50.2 Å². The van der Waals surface area contributed by atoms with Gasteiger partial charge in [0.15, 0.2) is 0 Å². The number of carbonyl (C=O) groups is 1. The number of nitrogens with zero attached hydrogens (tertiary/aromatic N) is 2. The summed E-state index contributed by atoms with van der Waals surface area (Å²) in [5.74, 6) is 0. The number of rotatable bonds is 20. The first-order chi connectivity index (χ1) is 28.6. The molecule has 0 radical (unpaired) electrons. The van der Waals surface area contributed by atoms with E-state index in [0.717, 1.165) is 43.8 Å². The number of fused-ring (bicyclic) bond motifs is 2. The lowest BCUT2D eigenvalue weighted by molar-refractivity contribution is -0.192. The van der Waals surface area contributed by atoms with Crippen LogP contribution in [0.1, 0.15) is 22.3 Å². The van der Waals surface area contributed by atoms with Gasteiger partial charge in [-0.1, -0.05) is 133 Å². The van der Waals surface area contributed by atoms with Gasteiger partial charge in [0.2, 0.25) is 0 Å². The van der Waals surface area contributed by atoms with E-state index in [0.29, 0.717) is 52.4 Å². The van der Waals surface area contributed by atoms with Gasteiger partial charge in [-0.15, -0.1) is 0 Å². The highest BCUT2D eigenvalue weighted by atomic mass is 16.7. The summed E-state index contributed by atoms with van der Waals surface area (Å²) in [4.78, 5) is 19.9. The van der Waals surface area contributed by atoms with Crippen molar-refractivity contribution in [3.8, 4) is 0 Å². The summed E-state index contributed by atoms with van der Waals surface area (Å²) in [5.41, 5.74) is 4.20. The fourth-order valence-electron chi connectivity index (χ4n) is 7.91. The number of hydrogen-bond acceptors (Lipinski definition) is 7. The molecule has 0 aromatic heterocycles. The highest BCUT2D eigenvalue weighted by Gasteiger charge is 2.49. The van der Waals surface area contributed by atoms with Gasteiger partial charge < -0.3 is 38.2 Å². The zero-order valence-corrected chi connectivity index (χ0v) is 33.5. The lowest BCUT2D eigenvalue weighted by atomic mass is 9.90. The molecule has 2 amide bonds. The smallest absolute Gasteiger partial charge is 0.321 e. The first-order valence-electron chi connectivity index (χ1n) is 20.1. The van der Waals surface area contributed by atoms with Crippen LogP contribution in [0.2, 0.25) is 0 Å². The maximum absolute atomic E-state index is 15.8. The van der Waals surface area contributed by atoms with Crippen LogP contribution in [0.25, 0.3) is 21.5 Å². The number of methoxy groups -OCH3 is 2. The third-order valence-electron chi connectivity index (χ3n) is 10.8. The molecular weight excluding hydrogens is 729 g/mol. The molecule has 9 heteroatoms. The van der Waals surface area contributed by atoms with E-state index in [4.69, 9.17) is 28.4 Å². The van der Waals surface area contributed by atoms with E-state index in [2.05, 4.69) is 84.9 Å². The Labute approximate surface area is 342 Å². The van der Waals surface area contributed by atoms with E-state index in [1.807, 2.05) is 70.5 Å². The molecule has 9 nitrogen and oxygen atoms in total.